The number of hydrogen-bond donors (Lipinski definition) is 0. The van der Waals surface area contributed by atoms with Gasteiger partial charge in [0.1, 0.15) is 6.04 Å². The van der Waals surface area contributed by atoms with E-state index in [1.165, 1.54) is 0 Å². The molecular formula is C12H11NO2. The predicted octanol–water partition coefficient (Wildman–Crippen LogP) is 1.49. The first-order valence-corrected chi connectivity index (χ1v) is 5.41. The number of ketones is 1. The molecule has 2 fully saturated rings. The molecule has 2 aliphatic heterocycles. The maximum Gasteiger partial charge on any atom is 0.165 e. The average molecular weight is 201 g/mol. The molecule has 4 rings (SSSR count). The Kier molecular flexibility index (Phi) is 1.27. The highest BCUT2D eigenvalue weighted by atomic mass is 16.7. The van der Waals surface area contributed by atoms with E-state index in [1.807, 2.05) is 17.2 Å². The lowest BCUT2D eigenvalue weighted by atomic mass is 9.91. The van der Waals surface area contributed by atoms with E-state index in [0.717, 1.165) is 17.7 Å². The molecule has 0 radical (unpaired) electrons. The van der Waals surface area contributed by atoms with E-state index in [9.17, 15) is 4.79 Å². The summed E-state index contributed by atoms with van der Waals surface area (Å²) in [7, 11) is 0. The van der Waals surface area contributed by atoms with Crippen molar-refractivity contribution >= 4 is 11.5 Å². The Bertz CT molecular complexity index is 457. The molecule has 3 aliphatic rings. The highest BCUT2D eigenvalue weighted by Gasteiger charge is 2.55. The number of nitrogens with zero attached hydrogens (tertiary/aromatic N) is 1. The summed E-state index contributed by atoms with van der Waals surface area (Å²) in [6, 6.07) is 8.11. The maximum atomic E-state index is 12.1. The second-order valence-corrected chi connectivity index (χ2v) is 4.58. The van der Waals surface area contributed by atoms with Gasteiger partial charge in [0.25, 0.3) is 0 Å². The summed E-state index contributed by atoms with van der Waals surface area (Å²) in [4.78, 5) is 17.7. The molecule has 76 valence electrons. The average Bonchev–Trinajstić information content (AvgIpc) is 2.74. The van der Waals surface area contributed by atoms with Crippen LogP contribution in [0.15, 0.2) is 24.3 Å². The molecule has 1 unspecified atom stereocenters. The lowest BCUT2D eigenvalue weighted by molar-refractivity contribution is -0.121. The number of anilines is 1. The number of carbonyl (C=O) groups excluding carboxylic acids is 1. The van der Waals surface area contributed by atoms with Crippen LogP contribution in [0.4, 0.5) is 5.69 Å². The molecule has 0 spiro atoms. The second-order valence-electron chi connectivity index (χ2n) is 4.58. The van der Waals surface area contributed by atoms with E-state index in [-0.39, 0.29) is 12.0 Å². The van der Waals surface area contributed by atoms with Gasteiger partial charge in [-0.1, -0.05) is 18.2 Å². The zero-order chi connectivity index (χ0) is 9.99. The maximum absolute atomic E-state index is 12.1. The molecule has 1 aromatic carbocycles. The number of rotatable bonds is 0. The van der Waals surface area contributed by atoms with Gasteiger partial charge >= 0.3 is 0 Å². The van der Waals surface area contributed by atoms with Gasteiger partial charge in [0.2, 0.25) is 0 Å². The fourth-order valence-corrected chi connectivity index (χ4v) is 3.19. The summed E-state index contributed by atoms with van der Waals surface area (Å²) >= 11 is 0. The van der Waals surface area contributed by atoms with Crippen LogP contribution in [0.1, 0.15) is 17.9 Å². The number of hydrogen-bond acceptors (Lipinski definition) is 3. The number of benzene rings is 1. The lowest BCUT2D eigenvalue weighted by Crippen LogP contribution is -2.40. The van der Waals surface area contributed by atoms with Gasteiger partial charge in [-0.05, 0) is 18.1 Å². The van der Waals surface area contributed by atoms with Crippen LogP contribution in [0.2, 0.25) is 0 Å². The summed E-state index contributed by atoms with van der Waals surface area (Å²) in [6.45, 7) is 0.710. The molecule has 2 bridgehead atoms. The highest BCUT2D eigenvalue weighted by Crippen LogP contribution is 2.50. The van der Waals surface area contributed by atoms with Crippen LogP contribution in [0.5, 0.6) is 0 Å². The van der Waals surface area contributed by atoms with E-state index < -0.39 is 0 Å². The molecule has 3 heteroatoms. The first kappa shape index (κ1) is 7.88. The van der Waals surface area contributed by atoms with Crippen molar-refractivity contribution in [2.45, 2.75) is 18.4 Å². The third kappa shape index (κ3) is 0.789. The Hall–Kier alpha value is -1.35. The molecule has 2 heterocycles. The Balaban J connectivity index is 2.00. The number of hydroxylamine groups is 1. The fraction of sp³-hybridized carbons (Fsp3) is 0.417. The van der Waals surface area contributed by atoms with E-state index >= 15 is 0 Å². The molecule has 15 heavy (non-hydrogen) atoms. The van der Waals surface area contributed by atoms with Crippen molar-refractivity contribution in [2.24, 2.45) is 5.92 Å². The summed E-state index contributed by atoms with van der Waals surface area (Å²) in [5.41, 5.74) is 2.26. The van der Waals surface area contributed by atoms with Gasteiger partial charge in [0, 0.05) is 11.8 Å². The zero-order valence-electron chi connectivity index (χ0n) is 8.22. The summed E-state index contributed by atoms with van der Waals surface area (Å²) in [6.07, 6.45) is 0.969. The van der Waals surface area contributed by atoms with Crippen LogP contribution in [0.25, 0.3) is 0 Å². The Labute approximate surface area is 87.6 Å². The number of Topliss-reactive ketones (excluding diaryl/α,β-unsaturated/α-hetero) is 1. The molecule has 0 aromatic heterocycles. The van der Waals surface area contributed by atoms with E-state index in [0.29, 0.717) is 18.3 Å². The Morgan fingerprint density at radius 2 is 2.20 bits per heavy atom. The lowest BCUT2D eigenvalue weighted by Gasteiger charge is -2.30. The Morgan fingerprint density at radius 3 is 3.13 bits per heavy atom. The minimum absolute atomic E-state index is 0.00454. The molecule has 3 nitrogen and oxygen atoms in total. The van der Waals surface area contributed by atoms with Crippen molar-refractivity contribution in [3.8, 4) is 0 Å². The first-order chi connectivity index (χ1) is 7.36. The number of fused-ring (bicyclic) bond motifs is 4. The van der Waals surface area contributed by atoms with Gasteiger partial charge in [-0.15, -0.1) is 0 Å². The first-order valence-electron chi connectivity index (χ1n) is 5.41. The van der Waals surface area contributed by atoms with Crippen molar-refractivity contribution in [1.29, 1.82) is 0 Å². The van der Waals surface area contributed by atoms with Crippen molar-refractivity contribution in [2.75, 3.05) is 11.7 Å². The van der Waals surface area contributed by atoms with Crippen molar-refractivity contribution in [3.63, 3.8) is 0 Å². The molecular weight excluding hydrogens is 190 g/mol. The largest absolute Gasteiger partial charge is 0.297 e. The molecule has 1 saturated carbocycles. The molecule has 3 atom stereocenters. The van der Waals surface area contributed by atoms with Crippen LogP contribution in [-0.4, -0.2) is 18.4 Å². The predicted molar refractivity (Wildman–Crippen MR) is 54.5 cm³/mol. The molecule has 0 amide bonds. The van der Waals surface area contributed by atoms with Crippen LogP contribution < -0.4 is 5.06 Å². The summed E-state index contributed by atoms with van der Waals surface area (Å²) < 4.78 is 0. The zero-order valence-corrected chi connectivity index (χ0v) is 8.22. The Morgan fingerprint density at radius 1 is 1.33 bits per heavy atom. The fourth-order valence-electron chi connectivity index (χ4n) is 3.19. The van der Waals surface area contributed by atoms with Crippen molar-refractivity contribution < 1.29 is 9.63 Å². The van der Waals surface area contributed by atoms with Crippen LogP contribution in [-0.2, 0) is 9.63 Å². The van der Waals surface area contributed by atoms with Crippen molar-refractivity contribution in [1.82, 2.24) is 0 Å². The number of para-hydroxylation sites is 1. The van der Waals surface area contributed by atoms with E-state index in [2.05, 4.69) is 12.1 Å². The van der Waals surface area contributed by atoms with Crippen molar-refractivity contribution in [3.05, 3.63) is 29.8 Å². The van der Waals surface area contributed by atoms with Gasteiger partial charge in [0.05, 0.1) is 12.3 Å². The van der Waals surface area contributed by atoms with E-state index in [1.54, 1.807) is 0 Å². The molecule has 0 N–H and O–H groups in total. The van der Waals surface area contributed by atoms with Gasteiger partial charge in [0.15, 0.2) is 5.78 Å². The minimum Gasteiger partial charge on any atom is -0.297 e. The van der Waals surface area contributed by atoms with Gasteiger partial charge in [-0.25, -0.2) is 5.06 Å². The van der Waals surface area contributed by atoms with Gasteiger partial charge in [-0.3, -0.25) is 9.63 Å². The monoisotopic (exact) mass is 201 g/mol. The minimum atomic E-state index is 0.00454. The van der Waals surface area contributed by atoms with Gasteiger partial charge in [-0.2, -0.15) is 0 Å². The summed E-state index contributed by atoms with van der Waals surface area (Å²) in [5.74, 6) is 0.905. The topological polar surface area (TPSA) is 29.5 Å². The van der Waals surface area contributed by atoms with Crippen LogP contribution in [0, 0.1) is 5.92 Å². The van der Waals surface area contributed by atoms with Crippen LogP contribution in [0.3, 0.4) is 0 Å². The molecule has 1 aromatic rings. The van der Waals surface area contributed by atoms with E-state index in [4.69, 9.17) is 4.84 Å². The number of carbonyl (C=O) groups is 1. The standard InChI is InChI=1S/C12H11NO2/c14-12-9-5-7-6-15-13(11(7)12)10-4-2-1-3-8(9)10/h1-4,7,9,11H,5-6H2/t7?,9-,11-/m1/s1. The SMILES string of the molecule is O=C1[C@@H]2CC3CON(c4ccccc42)[C@@H]13. The second kappa shape index (κ2) is 2.42. The normalized spacial score (nSPS) is 35.9. The molecule has 1 aliphatic carbocycles. The highest BCUT2D eigenvalue weighted by molar-refractivity contribution is 5.99. The van der Waals surface area contributed by atoms with Gasteiger partial charge < -0.3 is 0 Å². The quantitative estimate of drug-likeness (QED) is 0.637. The molecule has 1 saturated heterocycles. The van der Waals surface area contributed by atoms with Crippen LogP contribution >= 0.6 is 0 Å². The third-order valence-corrected chi connectivity index (χ3v) is 3.85. The smallest absolute Gasteiger partial charge is 0.165 e. The third-order valence-electron chi connectivity index (χ3n) is 3.85. The summed E-state index contributed by atoms with van der Waals surface area (Å²) in [5, 5.41) is 1.84.